The van der Waals surface area contributed by atoms with Crippen molar-refractivity contribution >= 4 is 23.5 Å². The average Bonchev–Trinajstić information content (AvgIpc) is 2.52. The van der Waals surface area contributed by atoms with Crippen molar-refractivity contribution in [2.24, 2.45) is 4.99 Å². The molecule has 0 atom stereocenters. The summed E-state index contributed by atoms with van der Waals surface area (Å²) in [6.45, 7) is 4.95. The fourth-order valence-corrected chi connectivity index (χ4v) is 1.91. The molecule has 0 saturated carbocycles. The number of nitrogens with zero attached hydrogens (tertiary/aromatic N) is 1. The van der Waals surface area contributed by atoms with E-state index in [-0.39, 0.29) is 5.91 Å². The van der Waals surface area contributed by atoms with Crippen molar-refractivity contribution in [2.75, 3.05) is 39.9 Å². The van der Waals surface area contributed by atoms with Crippen LogP contribution in [0.2, 0.25) is 5.02 Å². The number of aliphatic imine (C=N–C) groups is 1. The van der Waals surface area contributed by atoms with E-state index >= 15 is 0 Å². The van der Waals surface area contributed by atoms with Gasteiger partial charge in [0, 0.05) is 26.7 Å². The van der Waals surface area contributed by atoms with Crippen molar-refractivity contribution < 1.29 is 9.53 Å². The van der Waals surface area contributed by atoms with Crippen LogP contribution in [0.5, 0.6) is 0 Å². The molecule has 7 heteroatoms. The van der Waals surface area contributed by atoms with E-state index in [0.29, 0.717) is 42.8 Å². The Morgan fingerprint density at radius 2 is 1.95 bits per heavy atom. The Morgan fingerprint density at radius 1 is 1.23 bits per heavy atom. The largest absolute Gasteiger partial charge is 0.383 e. The van der Waals surface area contributed by atoms with Gasteiger partial charge < -0.3 is 20.7 Å². The van der Waals surface area contributed by atoms with Gasteiger partial charge in [-0.3, -0.25) is 9.79 Å². The SMILES string of the molecule is CCNC(=NCCOC)NCCNC(=O)c1ccccc1Cl. The average molecular weight is 327 g/mol. The van der Waals surface area contributed by atoms with E-state index in [1.165, 1.54) is 0 Å². The highest BCUT2D eigenvalue weighted by Gasteiger charge is 2.08. The monoisotopic (exact) mass is 326 g/mol. The van der Waals surface area contributed by atoms with Crippen molar-refractivity contribution in [2.45, 2.75) is 6.92 Å². The van der Waals surface area contributed by atoms with E-state index in [1.807, 2.05) is 6.92 Å². The molecular weight excluding hydrogens is 304 g/mol. The molecule has 122 valence electrons. The summed E-state index contributed by atoms with van der Waals surface area (Å²) in [7, 11) is 1.64. The Labute approximate surface area is 136 Å². The predicted octanol–water partition coefficient (Wildman–Crippen LogP) is 1.27. The Balaban J connectivity index is 2.35. The number of ether oxygens (including phenoxy) is 1. The number of hydrogen-bond donors (Lipinski definition) is 3. The van der Waals surface area contributed by atoms with Crippen molar-refractivity contribution in [1.82, 2.24) is 16.0 Å². The Kier molecular flexibility index (Phi) is 9.02. The van der Waals surface area contributed by atoms with Crippen molar-refractivity contribution in [3.05, 3.63) is 34.9 Å². The lowest BCUT2D eigenvalue weighted by Gasteiger charge is -2.12. The summed E-state index contributed by atoms with van der Waals surface area (Å²) >= 11 is 5.98. The van der Waals surface area contributed by atoms with Gasteiger partial charge in [0.1, 0.15) is 0 Å². The van der Waals surface area contributed by atoms with Crippen LogP contribution in [-0.2, 0) is 4.74 Å². The highest BCUT2D eigenvalue weighted by molar-refractivity contribution is 6.33. The van der Waals surface area contributed by atoms with Crippen molar-refractivity contribution in [3.8, 4) is 0 Å². The maximum Gasteiger partial charge on any atom is 0.252 e. The maximum atomic E-state index is 12.0. The summed E-state index contributed by atoms with van der Waals surface area (Å²) in [5, 5.41) is 9.51. The van der Waals surface area contributed by atoms with E-state index in [9.17, 15) is 4.79 Å². The van der Waals surface area contributed by atoms with Gasteiger partial charge in [0.25, 0.3) is 5.91 Å². The molecule has 0 unspecified atom stereocenters. The van der Waals surface area contributed by atoms with Gasteiger partial charge in [-0.2, -0.15) is 0 Å². The quantitative estimate of drug-likeness (QED) is 0.382. The number of rotatable bonds is 8. The molecule has 0 aromatic heterocycles. The van der Waals surface area contributed by atoms with Crippen LogP contribution < -0.4 is 16.0 Å². The molecule has 0 heterocycles. The minimum Gasteiger partial charge on any atom is -0.383 e. The molecule has 6 nitrogen and oxygen atoms in total. The second kappa shape index (κ2) is 10.9. The first-order chi connectivity index (χ1) is 10.7. The number of nitrogens with one attached hydrogen (secondary N) is 3. The normalized spacial score (nSPS) is 11.1. The lowest BCUT2D eigenvalue weighted by atomic mass is 10.2. The Morgan fingerprint density at radius 3 is 2.64 bits per heavy atom. The van der Waals surface area contributed by atoms with Gasteiger partial charge >= 0.3 is 0 Å². The highest BCUT2D eigenvalue weighted by Crippen LogP contribution is 2.14. The van der Waals surface area contributed by atoms with E-state index in [0.717, 1.165) is 6.54 Å². The molecule has 0 aliphatic rings. The molecule has 22 heavy (non-hydrogen) atoms. The van der Waals surface area contributed by atoms with Crippen molar-refractivity contribution in [3.63, 3.8) is 0 Å². The van der Waals surface area contributed by atoms with Crippen LogP contribution in [0, 0.1) is 0 Å². The van der Waals surface area contributed by atoms with Gasteiger partial charge in [-0.25, -0.2) is 0 Å². The molecule has 0 aliphatic carbocycles. The van der Waals surface area contributed by atoms with E-state index in [4.69, 9.17) is 16.3 Å². The van der Waals surface area contributed by atoms with Crippen LogP contribution in [-0.4, -0.2) is 51.8 Å². The van der Waals surface area contributed by atoms with Crippen LogP contribution >= 0.6 is 11.6 Å². The summed E-state index contributed by atoms with van der Waals surface area (Å²) in [5.74, 6) is 0.514. The molecule has 0 fully saturated rings. The third-order valence-corrected chi connectivity index (χ3v) is 3.06. The second-order valence-corrected chi connectivity index (χ2v) is 4.82. The zero-order valence-corrected chi connectivity index (χ0v) is 13.7. The lowest BCUT2D eigenvalue weighted by molar-refractivity contribution is 0.0954. The van der Waals surface area contributed by atoms with Crippen LogP contribution in [0.1, 0.15) is 17.3 Å². The summed E-state index contributed by atoms with van der Waals surface area (Å²) in [6, 6.07) is 6.96. The maximum absolute atomic E-state index is 12.0. The van der Waals surface area contributed by atoms with Gasteiger partial charge in [0.2, 0.25) is 0 Å². The minimum absolute atomic E-state index is 0.186. The number of carbonyl (C=O) groups is 1. The summed E-state index contributed by atoms with van der Waals surface area (Å²) in [6.07, 6.45) is 0. The third kappa shape index (κ3) is 6.78. The molecule has 1 aromatic rings. The van der Waals surface area contributed by atoms with Crippen LogP contribution in [0.3, 0.4) is 0 Å². The first-order valence-electron chi connectivity index (χ1n) is 7.22. The smallest absolute Gasteiger partial charge is 0.252 e. The van der Waals surface area contributed by atoms with Crippen molar-refractivity contribution in [1.29, 1.82) is 0 Å². The standard InChI is InChI=1S/C15H23ClN4O2/c1-3-17-15(20-10-11-22-2)19-9-8-18-14(21)12-6-4-5-7-13(12)16/h4-7H,3,8-11H2,1-2H3,(H,18,21)(H2,17,19,20). The minimum atomic E-state index is -0.186. The Hall–Kier alpha value is -1.79. The van der Waals surface area contributed by atoms with Gasteiger partial charge in [0.05, 0.1) is 23.7 Å². The summed E-state index contributed by atoms with van der Waals surface area (Å²) < 4.78 is 4.96. The lowest BCUT2D eigenvalue weighted by Crippen LogP contribution is -2.41. The molecule has 1 amide bonds. The zero-order valence-electron chi connectivity index (χ0n) is 13.0. The van der Waals surface area contributed by atoms with Gasteiger partial charge in [-0.1, -0.05) is 23.7 Å². The van der Waals surface area contributed by atoms with Gasteiger partial charge in [-0.05, 0) is 19.1 Å². The van der Waals surface area contributed by atoms with Gasteiger partial charge in [-0.15, -0.1) is 0 Å². The molecule has 3 N–H and O–H groups in total. The molecule has 0 radical (unpaired) electrons. The number of amides is 1. The molecular formula is C15H23ClN4O2. The number of methoxy groups -OCH3 is 1. The second-order valence-electron chi connectivity index (χ2n) is 4.42. The first-order valence-corrected chi connectivity index (χ1v) is 7.60. The molecule has 1 rings (SSSR count). The van der Waals surface area contributed by atoms with Crippen LogP contribution in [0.4, 0.5) is 0 Å². The summed E-state index contributed by atoms with van der Waals surface area (Å²) in [5.41, 5.74) is 0.477. The Bertz CT molecular complexity index is 494. The molecule has 1 aromatic carbocycles. The number of hydrogen-bond acceptors (Lipinski definition) is 3. The van der Waals surface area contributed by atoms with Crippen LogP contribution in [0.25, 0.3) is 0 Å². The third-order valence-electron chi connectivity index (χ3n) is 2.73. The van der Waals surface area contributed by atoms with E-state index in [1.54, 1.807) is 31.4 Å². The first kappa shape index (κ1) is 18.3. The fourth-order valence-electron chi connectivity index (χ4n) is 1.69. The van der Waals surface area contributed by atoms with Gasteiger partial charge in [0.15, 0.2) is 5.96 Å². The van der Waals surface area contributed by atoms with E-state index < -0.39 is 0 Å². The number of benzene rings is 1. The topological polar surface area (TPSA) is 74.8 Å². The molecule has 0 saturated heterocycles. The summed E-state index contributed by atoms with van der Waals surface area (Å²) in [4.78, 5) is 16.3. The number of halogens is 1. The van der Waals surface area contributed by atoms with Crippen LogP contribution in [0.15, 0.2) is 29.3 Å². The number of carbonyl (C=O) groups excluding carboxylic acids is 1. The predicted molar refractivity (Wildman–Crippen MR) is 89.6 cm³/mol. The molecule has 0 spiro atoms. The zero-order chi connectivity index (χ0) is 16.2. The fraction of sp³-hybridized carbons (Fsp3) is 0.467. The van der Waals surface area contributed by atoms with E-state index in [2.05, 4.69) is 20.9 Å². The molecule has 0 aliphatic heterocycles. The molecule has 0 bridgehead atoms. The number of guanidine groups is 1. The highest BCUT2D eigenvalue weighted by atomic mass is 35.5.